The van der Waals surface area contributed by atoms with Crippen molar-refractivity contribution < 1.29 is 14.3 Å². The summed E-state index contributed by atoms with van der Waals surface area (Å²) in [5.41, 5.74) is 4.98. The number of hydrogen-bond acceptors (Lipinski definition) is 3. The monoisotopic (exact) mass is 380 g/mol. The van der Waals surface area contributed by atoms with Crippen LogP contribution in [0.15, 0.2) is 42.5 Å². The van der Waals surface area contributed by atoms with Crippen molar-refractivity contribution in [2.24, 2.45) is 0 Å². The lowest BCUT2D eigenvalue weighted by molar-refractivity contribution is 0.0660. The van der Waals surface area contributed by atoms with Crippen molar-refractivity contribution in [3.63, 3.8) is 0 Å². The third-order valence-electron chi connectivity index (χ3n) is 5.06. The van der Waals surface area contributed by atoms with Crippen LogP contribution in [0.3, 0.4) is 0 Å². The lowest BCUT2D eigenvalue weighted by atomic mass is 10.0. The number of aromatic nitrogens is 1. The van der Waals surface area contributed by atoms with Crippen molar-refractivity contribution in [1.29, 1.82) is 0 Å². The van der Waals surface area contributed by atoms with E-state index in [9.17, 15) is 4.79 Å². The Balaban J connectivity index is 1.81. The van der Waals surface area contributed by atoms with Gasteiger partial charge in [0.25, 0.3) is 5.91 Å². The molecule has 0 aliphatic rings. The van der Waals surface area contributed by atoms with Gasteiger partial charge in [0.15, 0.2) is 0 Å². The number of benzene rings is 2. The van der Waals surface area contributed by atoms with Gasteiger partial charge >= 0.3 is 0 Å². The topological polar surface area (TPSA) is 54.6 Å². The Bertz CT molecular complexity index is 947. The van der Waals surface area contributed by atoms with Gasteiger partial charge in [0.05, 0.1) is 13.2 Å². The third-order valence-corrected chi connectivity index (χ3v) is 5.06. The van der Waals surface area contributed by atoms with E-state index in [1.54, 1.807) is 12.0 Å². The minimum absolute atomic E-state index is 0.0267. The van der Waals surface area contributed by atoms with Gasteiger partial charge in [-0.15, -0.1) is 0 Å². The quantitative estimate of drug-likeness (QED) is 0.635. The average molecular weight is 380 g/mol. The van der Waals surface area contributed by atoms with Gasteiger partial charge in [-0.3, -0.25) is 4.79 Å². The Morgan fingerprint density at radius 1 is 0.964 bits per heavy atom. The van der Waals surface area contributed by atoms with E-state index in [1.807, 2.05) is 37.3 Å². The number of aryl methyl sites for hydroxylation is 3. The summed E-state index contributed by atoms with van der Waals surface area (Å²) in [6, 6.07) is 13.8. The fourth-order valence-electron chi connectivity index (χ4n) is 3.48. The molecule has 5 nitrogen and oxygen atoms in total. The van der Waals surface area contributed by atoms with Crippen molar-refractivity contribution in [2.45, 2.75) is 20.8 Å². The Hall–Kier alpha value is -2.79. The van der Waals surface area contributed by atoms with Crippen molar-refractivity contribution in [3.05, 3.63) is 64.8 Å². The van der Waals surface area contributed by atoms with E-state index in [0.29, 0.717) is 32.0 Å². The second kappa shape index (κ2) is 8.93. The van der Waals surface area contributed by atoms with E-state index in [4.69, 9.17) is 9.47 Å². The molecule has 0 saturated carbocycles. The molecule has 3 rings (SSSR count). The number of H-pyrrole nitrogens is 1. The number of carbonyl (C=O) groups excluding carboxylic acids is 1. The molecule has 0 fully saturated rings. The van der Waals surface area contributed by atoms with Crippen molar-refractivity contribution in [2.75, 3.05) is 33.4 Å². The predicted octanol–water partition coefficient (Wildman–Crippen LogP) is 4.26. The summed E-state index contributed by atoms with van der Waals surface area (Å²) in [5.74, 6) is 0.774. The first-order valence-electron chi connectivity index (χ1n) is 9.57. The lowest BCUT2D eigenvalue weighted by Crippen LogP contribution is -2.37. The normalized spacial score (nSPS) is 11.0. The maximum absolute atomic E-state index is 13.3. The molecule has 0 spiro atoms. The molecule has 148 valence electrons. The Morgan fingerprint density at radius 2 is 1.64 bits per heavy atom. The first-order chi connectivity index (χ1) is 13.5. The summed E-state index contributed by atoms with van der Waals surface area (Å²) in [7, 11) is 1.64. The van der Waals surface area contributed by atoms with E-state index in [2.05, 4.69) is 31.0 Å². The standard InChI is InChI=1S/C23H28N2O3/c1-16-10-11-17(2)21-20(16)18(3)22(24-21)23(26)25(12-14-27-4)13-15-28-19-8-6-5-7-9-19/h5-11,24H,12-15H2,1-4H3. The maximum atomic E-state index is 13.3. The molecule has 3 aromatic rings. The fraction of sp³-hybridized carbons (Fsp3) is 0.348. The smallest absolute Gasteiger partial charge is 0.270 e. The van der Waals surface area contributed by atoms with Crippen LogP contribution in [-0.2, 0) is 4.74 Å². The van der Waals surface area contributed by atoms with Gasteiger partial charge in [0.1, 0.15) is 18.1 Å². The maximum Gasteiger partial charge on any atom is 0.270 e. The highest BCUT2D eigenvalue weighted by atomic mass is 16.5. The Kier molecular flexibility index (Phi) is 6.37. The number of ether oxygens (including phenoxy) is 2. The number of para-hydroxylation sites is 1. The van der Waals surface area contributed by atoms with E-state index >= 15 is 0 Å². The van der Waals surface area contributed by atoms with Gasteiger partial charge in [-0.25, -0.2) is 0 Å². The van der Waals surface area contributed by atoms with Gasteiger partial charge in [-0.05, 0) is 49.6 Å². The molecule has 28 heavy (non-hydrogen) atoms. The van der Waals surface area contributed by atoms with E-state index < -0.39 is 0 Å². The van der Waals surface area contributed by atoms with Gasteiger partial charge < -0.3 is 19.4 Å². The zero-order chi connectivity index (χ0) is 20.1. The van der Waals surface area contributed by atoms with Crippen LogP contribution in [0.1, 0.15) is 27.2 Å². The number of fused-ring (bicyclic) bond motifs is 1. The highest BCUT2D eigenvalue weighted by molar-refractivity contribution is 6.02. The summed E-state index contributed by atoms with van der Waals surface area (Å²) >= 11 is 0. The second-order valence-electron chi connectivity index (χ2n) is 7.02. The summed E-state index contributed by atoms with van der Waals surface area (Å²) in [6.45, 7) is 8.05. The molecule has 0 radical (unpaired) electrons. The molecule has 0 unspecified atom stereocenters. The van der Waals surface area contributed by atoms with Crippen LogP contribution in [0, 0.1) is 20.8 Å². The molecule has 0 bridgehead atoms. The number of carbonyl (C=O) groups is 1. The van der Waals surface area contributed by atoms with Crippen molar-refractivity contribution >= 4 is 16.8 Å². The van der Waals surface area contributed by atoms with Crippen molar-refractivity contribution in [1.82, 2.24) is 9.88 Å². The zero-order valence-corrected chi connectivity index (χ0v) is 17.0. The van der Waals surface area contributed by atoms with Crippen molar-refractivity contribution in [3.8, 4) is 5.75 Å². The Labute approximate surface area is 166 Å². The minimum atomic E-state index is -0.0267. The van der Waals surface area contributed by atoms with Crippen LogP contribution >= 0.6 is 0 Å². The van der Waals surface area contributed by atoms with Crippen LogP contribution in [-0.4, -0.2) is 49.2 Å². The van der Waals surface area contributed by atoms with Gasteiger partial charge in [0.2, 0.25) is 0 Å². The number of nitrogens with one attached hydrogen (secondary N) is 1. The number of methoxy groups -OCH3 is 1. The van der Waals surface area contributed by atoms with Crippen LogP contribution < -0.4 is 4.74 Å². The largest absolute Gasteiger partial charge is 0.492 e. The molecular formula is C23H28N2O3. The van der Waals surface area contributed by atoms with Gasteiger partial charge in [-0.1, -0.05) is 30.3 Å². The summed E-state index contributed by atoms with van der Waals surface area (Å²) in [4.78, 5) is 18.4. The number of rotatable bonds is 8. The summed E-state index contributed by atoms with van der Waals surface area (Å²) < 4.78 is 11.0. The van der Waals surface area contributed by atoms with Crippen LogP contribution in [0.2, 0.25) is 0 Å². The Morgan fingerprint density at radius 3 is 2.32 bits per heavy atom. The molecule has 1 heterocycles. The number of hydrogen-bond donors (Lipinski definition) is 1. The molecule has 0 aliphatic carbocycles. The van der Waals surface area contributed by atoms with E-state index in [0.717, 1.165) is 27.8 Å². The average Bonchev–Trinajstić information content (AvgIpc) is 3.06. The van der Waals surface area contributed by atoms with E-state index in [1.165, 1.54) is 5.56 Å². The molecular weight excluding hydrogens is 352 g/mol. The second-order valence-corrected chi connectivity index (χ2v) is 7.02. The number of amides is 1. The summed E-state index contributed by atoms with van der Waals surface area (Å²) in [5, 5.41) is 1.13. The van der Waals surface area contributed by atoms with Crippen LogP contribution in [0.25, 0.3) is 10.9 Å². The lowest BCUT2D eigenvalue weighted by Gasteiger charge is -2.22. The molecule has 1 N–H and O–H groups in total. The molecule has 1 amide bonds. The van der Waals surface area contributed by atoms with Gasteiger partial charge in [0, 0.05) is 24.6 Å². The number of nitrogens with zero attached hydrogens (tertiary/aromatic N) is 1. The zero-order valence-electron chi connectivity index (χ0n) is 17.0. The molecule has 0 atom stereocenters. The molecule has 1 aromatic heterocycles. The number of aromatic amines is 1. The fourth-order valence-corrected chi connectivity index (χ4v) is 3.48. The third kappa shape index (κ3) is 4.20. The highest BCUT2D eigenvalue weighted by Crippen LogP contribution is 2.28. The molecule has 2 aromatic carbocycles. The first kappa shape index (κ1) is 20.0. The highest BCUT2D eigenvalue weighted by Gasteiger charge is 2.22. The van der Waals surface area contributed by atoms with Gasteiger partial charge in [-0.2, -0.15) is 0 Å². The predicted molar refractivity (Wildman–Crippen MR) is 112 cm³/mol. The summed E-state index contributed by atoms with van der Waals surface area (Å²) in [6.07, 6.45) is 0. The molecule has 5 heteroatoms. The molecule has 0 aliphatic heterocycles. The minimum Gasteiger partial charge on any atom is -0.492 e. The van der Waals surface area contributed by atoms with E-state index in [-0.39, 0.29) is 5.91 Å². The SMILES string of the molecule is COCCN(CCOc1ccccc1)C(=O)c1[nH]c2c(C)ccc(C)c2c1C. The van der Waals surface area contributed by atoms with Crippen LogP contribution in [0.5, 0.6) is 5.75 Å². The first-order valence-corrected chi connectivity index (χ1v) is 9.57. The van der Waals surface area contributed by atoms with Crippen LogP contribution in [0.4, 0.5) is 0 Å². The molecule has 0 saturated heterocycles.